The third-order valence-electron chi connectivity index (χ3n) is 1.54. The van der Waals surface area contributed by atoms with Crippen molar-refractivity contribution < 1.29 is 27.4 Å². The molecule has 0 aromatic heterocycles. The lowest BCUT2D eigenvalue weighted by Crippen LogP contribution is -1.93. The summed E-state index contributed by atoms with van der Waals surface area (Å²) in [4.78, 5) is 21.9. The van der Waals surface area contributed by atoms with Crippen molar-refractivity contribution in [3.8, 4) is 0 Å². The second-order valence-corrected chi connectivity index (χ2v) is 4.49. The Morgan fingerprint density at radius 1 is 1.15 bits per heavy atom. The second kappa shape index (κ2) is 6.81. The number of non-ortho nitro benzene ring substituents is 1. The fourth-order valence-electron chi connectivity index (χ4n) is 0.914. The molecular weight excluding hydrogens is 368 g/mol. The van der Waals surface area contributed by atoms with Gasteiger partial charge in [0.05, 0.1) is 9.85 Å². The summed E-state index contributed by atoms with van der Waals surface area (Å²) in [7, 11) is -5.17. The third kappa shape index (κ3) is 6.10. The molecule has 1 aromatic carbocycles. The van der Waals surface area contributed by atoms with Crippen LogP contribution in [0.5, 0.6) is 0 Å². The normalized spacial score (nSPS) is 9.90. The maximum Gasteiger partial charge on any atom is 0.475 e. The van der Waals surface area contributed by atoms with Crippen molar-refractivity contribution in [1.82, 2.24) is 0 Å². The Morgan fingerprint density at radius 3 is 1.90 bits per heavy atom. The van der Waals surface area contributed by atoms with Gasteiger partial charge in [0.15, 0.2) is 4.98 Å². The monoisotopic (exact) mass is 369 g/mol. The van der Waals surface area contributed by atoms with Gasteiger partial charge in [0.25, 0.3) is 5.69 Å². The zero-order chi connectivity index (χ0) is 16.1. The van der Waals surface area contributed by atoms with Gasteiger partial charge in [0, 0.05) is 16.5 Å². The van der Waals surface area contributed by atoms with Gasteiger partial charge in [-0.15, -0.1) is 0 Å². The maximum absolute atomic E-state index is 10.5. The predicted octanol–water partition coefficient (Wildman–Crippen LogP) is 1.41. The Labute approximate surface area is 118 Å². The van der Waals surface area contributed by atoms with E-state index in [0.29, 0.717) is 0 Å². The molecule has 0 N–H and O–H groups in total. The van der Waals surface area contributed by atoms with Gasteiger partial charge in [-0.05, 0) is 15.9 Å². The highest BCUT2D eigenvalue weighted by atomic mass is 79.9. The van der Waals surface area contributed by atoms with Gasteiger partial charge < -0.3 is 9.11 Å². The summed E-state index contributed by atoms with van der Waals surface area (Å²) >= 11 is 2.83. The van der Waals surface area contributed by atoms with Crippen molar-refractivity contribution in [3.05, 3.63) is 41.8 Å². The molecule has 0 unspecified atom stereocenters. The van der Waals surface area contributed by atoms with Crippen LogP contribution in [0.2, 0.25) is 0 Å². The van der Waals surface area contributed by atoms with E-state index < -0.39 is 31.6 Å². The number of benzene rings is 1. The van der Waals surface area contributed by atoms with Gasteiger partial charge >= 0.3 is 11.4 Å². The topological polar surface area (TPSA) is 195 Å². The van der Waals surface area contributed by atoms with Gasteiger partial charge in [-0.25, -0.2) is 0 Å². The van der Waals surface area contributed by atoms with Gasteiger partial charge in [-0.2, -0.15) is 0 Å². The number of nitro groups is 2. The van der Waals surface area contributed by atoms with Crippen molar-refractivity contribution in [2.45, 2.75) is 0 Å². The molecule has 0 saturated heterocycles. The molecule has 0 aliphatic heterocycles. The zero-order valence-corrected chi connectivity index (χ0v) is 11.4. The van der Waals surface area contributed by atoms with Gasteiger partial charge in [0.1, 0.15) is 10.5 Å². The number of diazo groups is 1. The SMILES string of the molecule is N#[N+]c1c(Br)cc([N+](=O)[O-])cc1[N+](=O)[O-].O=S(=O)([O-])[O-]. The van der Waals surface area contributed by atoms with Crippen LogP contribution in [0.3, 0.4) is 0 Å². The van der Waals surface area contributed by atoms with Crippen molar-refractivity contribution >= 4 is 43.4 Å². The number of rotatable bonds is 2. The Morgan fingerprint density at radius 2 is 1.60 bits per heavy atom. The van der Waals surface area contributed by atoms with Crippen LogP contribution in [-0.4, -0.2) is 27.4 Å². The van der Waals surface area contributed by atoms with Gasteiger partial charge in [0.2, 0.25) is 5.39 Å². The summed E-state index contributed by atoms with van der Waals surface area (Å²) < 4.78 is 34.1. The number of hydrogen-bond donors (Lipinski definition) is 0. The first-order chi connectivity index (χ1) is 8.97. The molecule has 0 aliphatic rings. The number of halogens is 1. The minimum absolute atomic E-state index is 0.0223. The van der Waals surface area contributed by atoms with Gasteiger partial charge in [-0.1, -0.05) is 0 Å². The Balaban J connectivity index is 0.000000621. The summed E-state index contributed by atoms with van der Waals surface area (Å²) in [5.41, 5.74) is -1.45. The smallest absolute Gasteiger partial charge is 0.475 e. The lowest BCUT2D eigenvalue weighted by Gasteiger charge is -2.06. The molecule has 1 aromatic rings. The summed E-state index contributed by atoms with van der Waals surface area (Å²) in [6, 6.07) is 1.74. The Bertz CT molecular complexity index is 688. The molecule has 0 atom stereocenters. The average molecular weight is 370 g/mol. The summed E-state index contributed by atoms with van der Waals surface area (Å²) in [6.07, 6.45) is 0. The molecule has 0 heterocycles. The van der Waals surface area contributed by atoms with E-state index in [9.17, 15) is 20.2 Å². The number of nitro benzene ring substituents is 2. The standard InChI is InChI=1S/C6H2BrN4O4.H2O4S/c7-4-1-3(10(12)13)2-5(11(14)15)6(4)9-8;1-5(2,3)4/h1-2H;(H2,1,2,3,4)/q+1;/p-2. The minimum atomic E-state index is -5.17. The van der Waals surface area contributed by atoms with E-state index in [4.69, 9.17) is 22.9 Å². The van der Waals surface area contributed by atoms with Crippen LogP contribution < -0.4 is 0 Å². The van der Waals surface area contributed by atoms with E-state index in [-0.39, 0.29) is 10.2 Å². The van der Waals surface area contributed by atoms with Crippen LogP contribution in [0, 0.1) is 25.6 Å². The first-order valence-electron chi connectivity index (χ1n) is 4.11. The molecule has 0 spiro atoms. The molecule has 1 rings (SSSR count). The van der Waals surface area contributed by atoms with Crippen LogP contribution in [0.1, 0.15) is 0 Å². The molecule has 12 nitrogen and oxygen atoms in total. The van der Waals surface area contributed by atoms with E-state index in [2.05, 4.69) is 20.9 Å². The predicted molar refractivity (Wildman–Crippen MR) is 62.7 cm³/mol. The third-order valence-corrected chi connectivity index (χ3v) is 2.14. The molecule has 14 heteroatoms. The second-order valence-electron chi connectivity index (χ2n) is 2.82. The molecular formula is C6H2BrN4O8S-. The van der Waals surface area contributed by atoms with E-state index in [1.54, 1.807) is 0 Å². The number of nitrogens with zero attached hydrogens (tertiary/aromatic N) is 4. The van der Waals surface area contributed by atoms with Crippen LogP contribution in [-0.2, 0) is 10.4 Å². The summed E-state index contributed by atoms with van der Waals surface area (Å²) in [5.74, 6) is 0. The number of hydrogen-bond acceptors (Lipinski definition) is 9. The zero-order valence-electron chi connectivity index (χ0n) is 9.00. The highest BCUT2D eigenvalue weighted by Crippen LogP contribution is 2.38. The molecule has 0 fully saturated rings. The molecule has 0 amide bonds. The van der Waals surface area contributed by atoms with Crippen molar-refractivity contribution in [2.24, 2.45) is 0 Å². The van der Waals surface area contributed by atoms with E-state index >= 15 is 0 Å². The Hall–Kier alpha value is -2.21. The largest absolute Gasteiger partial charge is 0.759 e. The lowest BCUT2D eigenvalue weighted by atomic mass is 10.2. The molecule has 0 saturated carbocycles. The fourth-order valence-corrected chi connectivity index (χ4v) is 1.43. The molecule has 0 bridgehead atoms. The average Bonchev–Trinajstić information content (AvgIpc) is 2.25. The van der Waals surface area contributed by atoms with Crippen molar-refractivity contribution in [2.75, 3.05) is 0 Å². The van der Waals surface area contributed by atoms with E-state index in [1.807, 2.05) is 0 Å². The van der Waals surface area contributed by atoms with Crippen LogP contribution >= 0.6 is 15.9 Å². The molecule has 0 aliphatic carbocycles. The Kier molecular flexibility index (Phi) is 6.06. The molecule has 0 radical (unpaired) electrons. The van der Waals surface area contributed by atoms with E-state index in [0.717, 1.165) is 12.1 Å². The molecule has 20 heavy (non-hydrogen) atoms. The first-order valence-corrected chi connectivity index (χ1v) is 6.24. The summed E-state index contributed by atoms with van der Waals surface area (Å²) in [6.45, 7) is 0. The minimum Gasteiger partial charge on any atom is -0.759 e. The van der Waals surface area contributed by atoms with Crippen LogP contribution in [0.4, 0.5) is 17.1 Å². The first kappa shape index (κ1) is 17.8. The van der Waals surface area contributed by atoms with Crippen LogP contribution in [0.15, 0.2) is 16.6 Å². The maximum atomic E-state index is 10.5. The fraction of sp³-hybridized carbons (Fsp3) is 0. The highest BCUT2D eigenvalue weighted by Gasteiger charge is 2.32. The molecule has 108 valence electrons. The highest BCUT2D eigenvalue weighted by molar-refractivity contribution is 9.10. The summed E-state index contributed by atoms with van der Waals surface area (Å²) in [5, 5.41) is 29.4. The van der Waals surface area contributed by atoms with Gasteiger partial charge in [-0.3, -0.25) is 28.6 Å². The van der Waals surface area contributed by atoms with Crippen molar-refractivity contribution in [1.29, 1.82) is 5.39 Å². The lowest BCUT2D eigenvalue weighted by molar-refractivity contribution is -0.393. The van der Waals surface area contributed by atoms with Crippen molar-refractivity contribution in [3.63, 3.8) is 0 Å². The quantitative estimate of drug-likeness (QED) is 0.243. The van der Waals surface area contributed by atoms with Crippen LogP contribution in [0.25, 0.3) is 4.98 Å². The van der Waals surface area contributed by atoms with E-state index in [1.165, 1.54) is 0 Å².